The highest BCUT2D eigenvalue weighted by atomic mass is 32.2. The lowest BCUT2D eigenvalue weighted by atomic mass is 10.1. The van der Waals surface area contributed by atoms with Crippen LogP contribution >= 0.6 is 11.3 Å². The van der Waals surface area contributed by atoms with Crippen LogP contribution in [0.2, 0.25) is 0 Å². The normalized spacial score (nSPS) is 18.5. The molecule has 6 nitrogen and oxygen atoms in total. The van der Waals surface area contributed by atoms with Gasteiger partial charge in [-0.05, 0) is 44.5 Å². The molecule has 0 spiro atoms. The molecule has 0 unspecified atom stereocenters. The molecule has 0 N–H and O–H groups in total. The first-order valence-corrected chi connectivity index (χ1v) is 11.5. The Labute approximate surface area is 169 Å². The van der Waals surface area contributed by atoms with Gasteiger partial charge in [0.05, 0.1) is 5.69 Å². The van der Waals surface area contributed by atoms with Crippen molar-refractivity contribution in [1.29, 1.82) is 0 Å². The molecule has 0 bridgehead atoms. The molecule has 0 aliphatic carbocycles. The van der Waals surface area contributed by atoms with E-state index in [4.69, 9.17) is 4.52 Å². The number of hydrogen-bond acceptors (Lipinski definition) is 6. The van der Waals surface area contributed by atoms with E-state index in [-0.39, 0.29) is 6.04 Å². The Bertz CT molecular complexity index is 1090. The van der Waals surface area contributed by atoms with Crippen LogP contribution < -0.4 is 4.90 Å². The van der Waals surface area contributed by atoms with Crippen LogP contribution in [0.15, 0.2) is 50.5 Å². The molecule has 1 aliphatic heterocycles. The molecule has 28 heavy (non-hydrogen) atoms. The van der Waals surface area contributed by atoms with Gasteiger partial charge in [0, 0.05) is 48.4 Å². The van der Waals surface area contributed by atoms with E-state index in [0.717, 1.165) is 16.9 Å². The van der Waals surface area contributed by atoms with Crippen molar-refractivity contribution in [3.8, 4) is 11.3 Å². The van der Waals surface area contributed by atoms with Gasteiger partial charge in [-0.1, -0.05) is 17.3 Å². The minimum Gasteiger partial charge on any atom is -0.366 e. The number of rotatable bonds is 4. The fourth-order valence-electron chi connectivity index (χ4n) is 3.54. The second kappa shape index (κ2) is 7.35. The van der Waals surface area contributed by atoms with E-state index in [2.05, 4.69) is 42.1 Å². The minimum absolute atomic E-state index is 0.0988. The summed E-state index contributed by atoms with van der Waals surface area (Å²) in [5, 5.41) is 5.68. The maximum atomic E-state index is 13.2. The van der Waals surface area contributed by atoms with Gasteiger partial charge in [0.25, 0.3) is 10.0 Å². The highest BCUT2D eigenvalue weighted by Crippen LogP contribution is 2.32. The number of anilines is 1. The van der Waals surface area contributed by atoms with Crippen molar-refractivity contribution in [3.63, 3.8) is 0 Å². The topological polar surface area (TPSA) is 66.7 Å². The molecule has 1 aromatic carbocycles. The highest BCUT2D eigenvalue weighted by molar-refractivity contribution is 7.91. The van der Waals surface area contributed by atoms with Gasteiger partial charge < -0.3 is 9.42 Å². The Balaban J connectivity index is 1.52. The lowest BCUT2D eigenvalue weighted by Crippen LogP contribution is -2.53. The third-order valence-electron chi connectivity index (χ3n) is 5.01. The van der Waals surface area contributed by atoms with Crippen LogP contribution in [0.1, 0.15) is 18.2 Å². The van der Waals surface area contributed by atoms with Gasteiger partial charge in [0.15, 0.2) is 5.76 Å². The number of piperazine rings is 1. The van der Waals surface area contributed by atoms with Crippen molar-refractivity contribution in [1.82, 2.24) is 9.46 Å². The van der Waals surface area contributed by atoms with Crippen LogP contribution in [0.25, 0.3) is 11.3 Å². The van der Waals surface area contributed by atoms with Crippen molar-refractivity contribution in [2.45, 2.75) is 31.0 Å². The van der Waals surface area contributed by atoms with E-state index < -0.39 is 10.0 Å². The van der Waals surface area contributed by atoms with E-state index in [9.17, 15) is 8.42 Å². The summed E-state index contributed by atoms with van der Waals surface area (Å²) < 4.78 is 33.5. The molecule has 2 aromatic heterocycles. The summed E-state index contributed by atoms with van der Waals surface area (Å²) in [6, 6.07) is 11.9. The summed E-state index contributed by atoms with van der Waals surface area (Å²) in [5.41, 5.74) is 3.86. The van der Waals surface area contributed by atoms with Gasteiger partial charge in [-0.2, -0.15) is 4.31 Å². The Morgan fingerprint density at radius 3 is 2.68 bits per heavy atom. The molecule has 1 atom stereocenters. The van der Waals surface area contributed by atoms with Crippen LogP contribution in [0.3, 0.4) is 0 Å². The average Bonchev–Trinajstić information content (AvgIpc) is 3.31. The molecular weight excluding hydrogens is 394 g/mol. The van der Waals surface area contributed by atoms with Gasteiger partial charge in [-0.15, -0.1) is 11.3 Å². The van der Waals surface area contributed by atoms with E-state index in [1.54, 1.807) is 21.8 Å². The molecule has 3 heterocycles. The van der Waals surface area contributed by atoms with Crippen molar-refractivity contribution in [3.05, 3.63) is 53.0 Å². The molecule has 148 valence electrons. The SMILES string of the molecule is Cc1cccc(N2CCN(S(=O)(=O)c3cc(-c4cc(C)no4)cs3)C[C@H]2C)c1. The molecule has 1 saturated heterocycles. The first-order valence-electron chi connectivity index (χ1n) is 9.20. The van der Waals surface area contributed by atoms with Gasteiger partial charge in [-0.25, -0.2) is 8.42 Å². The second-order valence-electron chi connectivity index (χ2n) is 7.23. The summed E-state index contributed by atoms with van der Waals surface area (Å²) in [6.07, 6.45) is 0. The van der Waals surface area contributed by atoms with Gasteiger partial charge >= 0.3 is 0 Å². The minimum atomic E-state index is -3.53. The zero-order valence-electron chi connectivity index (χ0n) is 16.1. The van der Waals surface area contributed by atoms with Gasteiger partial charge in [0.2, 0.25) is 0 Å². The molecule has 4 rings (SSSR count). The summed E-state index contributed by atoms with van der Waals surface area (Å²) in [4.78, 5) is 2.27. The highest BCUT2D eigenvalue weighted by Gasteiger charge is 2.33. The zero-order chi connectivity index (χ0) is 19.9. The maximum absolute atomic E-state index is 13.2. The quantitative estimate of drug-likeness (QED) is 0.644. The molecule has 0 saturated carbocycles. The molecule has 0 amide bonds. The molecular formula is C20H23N3O3S2. The number of sulfonamides is 1. The molecule has 3 aromatic rings. The fraction of sp³-hybridized carbons (Fsp3) is 0.350. The van der Waals surface area contributed by atoms with E-state index >= 15 is 0 Å². The predicted octanol–water partition coefficient (Wildman–Crippen LogP) is 3.92. The number of nitrogens with zero attached hydrogens (tertiary/aromatic N) is 3. The summed E-state index contributed by atoms with van der Waals surface area (Å²) in [6.45, 7) is 7.58. The Kier molecular flexibility index (Phi) is 5.03. The Hall–Kier alpha value is -2.16. The largest absolute Gasteiger partial charge is 0.366 e. The van der Waals surface area contributed by atoms with Crippen molar-refractivity contribution in [2.24, 2.45) is 0 Å². The van der Waals surface area contributed by atoms with E-state index in [1.165, 1.54) is 16.9 Å². The Morgan fingerprint density at radius 1 is 1.18 bits per heavy atom. The Morgan fingerprint density at radius 2 is 2.00 bits per heavy atom. The molecule has 1 aliphatic rings. The lowest BCUT2D eigenvalue weighted by Gasteiger charge is -2.40. The van der Waals surface area contributed by atoms with Crippen LogP contribution in [-0.4, -0.2) is 43.6 Å². The number of thiophene rings is 1. The molecule has 1 fully saturated rings. The monoisotopic (exact) mass is 417 g/mol. The van der Waals surface area contributed by atoms with Crippen molar-refractivity contribution in [2.75, 3.05) is 24.5 Å². The lowest BCUT2D eigenvalue weighted by molar-refractivity contribution is 0.343. The average molecular weight is 418 g/mol. The fourth-order valence-corrected chi connectivity index (χ4v) is 6.37. The summed E-state index contributed by atoms with van der Waals surface area (Å²) in [5.74, 6) is 0.591. The van der Waals surface area contributed by atoms with Crippen molar-refractivity contribution >= 4 is 27.0 Å². The molecule has 8 heteroatoms. The number of aromatic nitrogens is 1. The molecule has 0 radical (unpaired) electrons. The zero-order valence-corrected chi connectivity index (χ0v) is 17.8. The predicted molar refractivity (Wildman–Crippen MR) is 111 cm³/mol. The van der Waals surface area contributed by atoms with E-state index in [0.29, 0.717) is 29.6 Å². The summed E-state index contributed by atoms with van der Waals surface area (Å²) >= 11 is 1.22. The first kappa shape index (κ1) is 19.2. The maximum Gasteiger partial charge on any atom is 0.252 e. The van der Waals surface area contributed by atoms with Gasteiger partial charge in [0.1, 0.15) is 4.21 Å². The van der Waals surface area contributed by atoms with E-state index in [1.807, 2.05) is 13.0 Å². The number of benzene rings is 1. The smallest absolute Gasteiger partial charge is 0.252 e. The standard InChI is InChI=1S/C20H23N3O3S2/c1-14-5-4-6-18(9-14)23-8-7-22(12-16(23)3)28(24,25)20-11-17(13-27-20)19-10-15(2)21-26-19/h4-6,9-11,13,16H,7-8,12H2,1-3H3/t16-/m1/s1. The third kappa shape index (κ3) is 3.59. The third-order valence-corrected chi connectivity index (χ3v) is 8.29. The van der Waals surface area contributed by atoms with Crippen LogP contribution in [0, 0.1) is 13.8 Å². The van der Waals surface area contributed by atoms with Crippen LogP contribution in [-0.2, 0) is 10.0 Å². The number of hydrogen-bond donors (Lipinski definition) is 0. The first-order chi connectivity index (χ1) is 13.3. The summed E-state index contributed by atoms with van der Waals surface area (Å²) in [7, 11) is -3.53. The van der Waals surface area contributed by atoms with Crippen LogP contribution in [0.4, 0.5) is 5.69 Å². The van der Waals surface area contributed by atoms with Crippen LogP contribution in [0.5, 0.6) is 0 Å². The van der Waals surface area contributed by atoms with Gasteiger partial charge in [-0.3, -0.25) is 0 Å². The second-order valence-corrected chi connectivity index (χ2v) is 10.3. The van der Waals surface area contributed by atoms with Crippen molar-refractivity contribution < 1.29 is 12.9 Å². The number of aryl methyl sites for hydroxylation is 2.